The predicted molar refractivity (Wildman–Crippen MR) is 88.5 cm³/mol. The maximum atomic E-state index is 9.72. The van der Waals surface area contributed by atoms with Gasteiger partial charge in [-0.15, -0.1) is 0 Å². The first kappa shape index (κ1) is 16.2. The van der Waals surface area contributed by atoms with Gasteiger partial charge >= 0.3 is 0 Å². The van der Waals surface area contributed by atoms with Gasteiger partial charge in [-0.1, -0.05) is 43.6 Å². The Hall–Kier alpha value is -0.220. The normalized spacial score (nSPS) is 26.4. The van der Waals surface area contributed by atoms with Crippen LogP contribution >= 0.6 is 23.4 Å². The van der Waals surface area contributed by atoms with Crippen LogP contribution in [0.1, 0.15) is 38.7 Å². The van der Waals surface area contributed by atoms with Gasteiger partial charge in [0, 0.05) is 27.6 Å². The molecule has 2 atom stereocenters. The van der Waals surface area contributed by atoms with Crippen molar-refractivity contribution >= 4 is 23.4 Å². The zero-order valence-electron chi connectivity index (χ0n) is 12.2. The molecular formula is C16H24ClNOS. The van der Waals surface area contributed by atoms with Crippen molar-refractivity contribution in [1.29, 1.82) is 0 Å². The van der Waals surface area contributed by atoms with Crippen molar-refractivity contribution in [2.24, 2.45) is 0 Å². The van der Waals surface area contributed by atoms with Gasteiger partial charge in [0.1, 0.15) is 0 Å². The number of benzene rings is 1. The van der Waals surface area contributed by atoms with Gasteiger partial charge in [0.05, 0.1) is 6.61 Å². The molecule has 1 aliphatic carbocycles. The SMILES string of the molecule is CC(C)NC1(CO)CCC(SCc2ccccc2Cl)C1. The molecule has 1 aliphatic rings. The minimum Gasteiger partial charge on any atom is -0.394 e. The summed E-state index contributed by atoms with van der Waals surface area (Å²) in [4.78, 5) is 0. The second-order valence-corrected chi connectivity index (χ2v) is 7.70. The quantitative estimate of drug-likeness (QED) is 0.836. The summed E-state index contributed by atoms with van der Waals surface area (Å²) in [5.41, 5.74) is 1.13. The summed E-state index contributed by atoms with van der Waals surface area (Å²) in [6, 6.07) is 8.46. The molecule has 20 heavy (non-hydrogen) atoms. The van der Waals surface area contributed by atoms with Crippen molar-refractivity contribution in [2.75, 3.05) is 6.61 Å². The second-order valence-electron chi connectivity index (χ2n) is 6.00. The minimum atomic E-state index is -0.0771. The lowest BCUT2D eigenvalue weighted by Crippen LogP contribution is -2.49. The fraction of sp³-hybridized carbons (Fsp3) is 0.625. The fourth-order valence-corrected chi connectivity index (χ4v) is 4.65. The summed E-state index contributed by atoms with van der Waals surface area (Å²) in [5.74, 6) is 0.952. The minimum absolute atomic E-state index is 0.0771. The Morgan fingerprint density at radius 1 is 1.45 bits per heavy atom. The number of rotatable bonds is 6. The molecule has 0 bridgehead atoms. The summed E-state index contributed by atoms with van der Waals surface area (Å²) in [6.07, 6.45) is 3.26. The molecule has 2 rings (SSSR count). The van der Waals surface area contributed by atoms with E-state index in [1.54, 1.807) is 0 Å². The lowest BCUT2D eigenvalue weighted by molar-refractivity contribution is 0.156. The van der Waals surface area contributed by atoms with Crippen LogP contribution in [0.15, 0.2) is 24.3 Å². The first-order valence-corrected chi connectivity index (χ1v) is 8.71. The fourth-order valence-electron chi connectivity index (χ4n) is 2.98. The van der Waals surface area contributed by atoms with Gasteiger partial charge in [0.2, 0.25) is 0 Å². The molecule has 2 nitrogen and oxygen atoms in total. The molecule has 0 aromatic heterocycles. The number of hydrogen-bond donors (Lipinski definition) is 2. The molecule has 1 aromatic rings. The van der Waals surface area contributed by atoms with Crippen molar-refractivity contribution in [3.8, 4) is 0 Å². The van der Waals surface area contributed by atoms with Gasteiger partial charge in [-0.2, -0.15) is 11.8 Å². The van der Waals surface area contributed by atoms with Crippen LogP contribution in [0.3, 0.4) is 0 Å². The van der Waals surface area contributed by atoms with E-state index in [-0.39, 0.29) is 12.1 Å². The number of hydrogen-bond acceptors (Lipinski definition) is 3. The van der Waals surface area contributed by atoms with Crippen LogP contribution in [0.2, 0.25) is 5.02 Å². The van der Waals surface area contributed by atoms with E-state index >= 15 is 0 Å². The van der Waals surface area contributed by atoms with Crippen LogP contribution in [0.4, 0.5) is 0 Å². The zero-order chi connectivity index (χ0) is 14.6. The zero-order valence-corrected chi connectivity index (χ0v) is 13.8. The average molecular weight is 314 g/mol. The van der Waals surface area contributed by atoms with Crippen molar-refractivity contribution < 1.29 is 5.11 Å². The van der Waals surface area contributed by atoms with E-state index in [4.69, 9.17) is 11.6 Å². The second kappa shape index (κ2) is 7.17. The summed E-state index contributed by atoms with van der Waals surface area (Å²) >= 11 is 8.16. The lowest BCUT2D eigenvalue weighted by atomic mass is 9.98. The topological polar surface area (TPSA) is 32.3 Å². The predicted octanol–water partition coefficient (Wildman–Crippen LogP) is 3.85. The molecule has 0 heterocycles. The Morgan fingerprint density at radius 3 is 2.85 bits per heavy atom. The van der Waals surface area contributed by atoms with Gasteiger partial charge in [-0.25, -0.2) is 0 Å². The van der Waals surface area contributed by atoms with Crippen LogP contribution in [0, 0.1) is 0 Å². The van der Waals surface area contributed by atoms with Crippen LogP contribution in [0.5, 0.6) is 0 Å². The molecule has 0 radical (unpaired) electrons. The third-order valence-electron chi connectivity index (χ3n) is 3.89. The van der Waals surface area contributed by atoms with Gasteiger partial charge in [0.25, 0.3) is 0 Å². The molecular weight excluding hydrogens is 290 g/mol. The third-order valence-corrected chi connectivity index (χ3v) is 5.61. The Kier molecular flexibility index (Phi) is 5.79. The summed E-state index contributed by atoms with van der Waals surface area (Å²) in [7, 11) is 0. The third kappa shape index (κ3) is 4.14. The Labute approximate surface area is 131 Å². The smallest absolute Gasteiger partial charge is 0.0613 e. The first-order valence-electron chi connectivity index (χ1n) is 7.28. The van der Waals surface area contributed by atoms with E-state index in [1.807, 2.05) is 30.0 Å². The molecule has 0 saturated heterocycles. The molecule has 0 amide bonds. The molecule has 1 aromatic carbocycles. The van der Waals surface area contributed by atoms with E-state index in [0.717, 1.165) is 30.0 Å². The number of aliphatic hydroxyl groups excluding tert-OH is 1. The number of thioether (sulfide) groups is 1. The van der Waals surface area contributed by atoms with Crippen molar-refractivity contribution in [2.45, 2.75) is 55.7 Å². The Morgan fingerprint density at radius 2 is 2.20 bits per heavy atom. The highest BCUT2D eigenvalue weighted by molar-refractivity contribution is 7.99. The molecule has 1 saturated carbocycles. The van der Waals surface area contributed by atoms with Crippen LogP contribution in [0.25, 0.3) is 0 Å². The highest BCUT2D eigenvalue weighted by Gasteiger charge is 2.38. The molecule has 0 aliphatic heterocycles. The summed E-state index contributed by atoms with van der Waals surface area (Å²) in [5, 5.41) is 14.7. The molecule has 1 fully saturated rings. The standard InChI is InChI=1S/C16H24ClNOS/c1-12(2)18-16(11-19)8-7-14(9-16)20-10-13-5-3-4-6-15(13)17/h3-6,12,14,18-19H,7-11H2,1-2H3. The van der Waals surface area contributed by atoms with Crippen molar-refractivity contribution in [3.05, 3.63) is 34.9 Å². The van der Waals surface area contributed by atoms with Crippen molar-refractivity contribution in [1.82, 2.24) is 5.32 Å². The van der Waals surface area contributed by atoms with Crippen molar-refractivity contribution in [3.63, 3.8) is 0 Å². The lowest BCUT2D eigenvalue weighted by Gasteiger charge is -2.31. The Balaban J connectivity index is 1.88. The molecule has 2 unspecified atom stereocenters. The Bertz CT molecular complexity index is 440. The van der Waals surface area contributed by atoms with E-state index < -0.39 is 0 Å². The highest BCUT2D eigenvalue weighted by atomic mass is 35.5. The van der Waals surface area contributed by atoms with Gasteiger partial charge in [-0.05, 0) is 30.9 Å². The first-order chi connectivity index (χ1) is 9.54. The van der Waals surface area contributed by atoms with E-state index in [9.17, 15) is 5.11 Å². The summed E-state index contributed by atoms with van der Waals surface area (Å²) in [6.45, 7) is 4.51. The monoisotopic (exact) mass is 313 g/mol. The largest absolute Gasteiger partial charge is 0.394 e. The van der Waals surface area contributed by atoms with Gasteiger partial charge in [0.15, 0.2) is 0 Å². The maximum absolute atomic E-state index is 9.72. The molecule has 2 N–H and O–H groups in total. The average Bonchev–Trinajstić information content (AvgIpc) is 2.81. The van der Waals surface area contributed by atoms with Crippen LogP contribution in [-0.2, 0) is 5.75 Å². The van der Waals surface area contributed by atoms with Gasteiger partial charge in [-0.3, -0.25) is 0 Å². The molecule has 112 valence electrons. The van der Waals surface area contributed by atoms with Gasteiger partial charge < -0.3 is 10.4 Å². The number of aliphatic hydroxyl groups is 1. The maximum Gasteiger partial charge on any atom is 0.0613 e. The number of halogens is 1. The highest BCUT2D eigenvalue weighted by Crippen LogP contribution is 2.39. The van der Waals surface area contributed by atoms with E-state index in [1.165, 1.54) is 5.56 Å². The van der Waals surface area contributed by atoms with Crippen LogP contribution in [-0.4, -0.2) is 28.5 Å². The molecule has 4 heteroatoms. The number of nitrogens with one attached hydrogen (secondary N) is 1. The molecule has 0 spiro atoms. The van der Waals surface area contributed by atoms with E-state index in [2.05, 4.69) is 25.2 Å². The van der Waals surface area contributed by atoms with Crippen LogP contribution < -0.4 is 5.32 Å². The van der Waals surface area contributed by atoms with E-state index in [0.29, 0.717) is 11.3 Å². The summed E-state index contributed by atoms with van der Waals surface area (Å²) < 4.78 is 0.